The van der Waals surface area contributed by atoms with E-state index in [1.165, 1.54) is 12.4 Å². The second-order valence-corrected chi connectivity index (χ2v) is 10.3. The molecule has 1 fully saturated rings. The maximum absolute atomic E-state index is 13.4. The molecule has 1 aliphatic heterocycles. The monoisotopic (exact) mass is 460 g/mol. The molecule has 2 atom stereocenters. The summed E-state index contributed by atoms with van der Waals surface area (Å²) in [5.41, 5.74) is 1.70. The third kappa shape index (κ3) is 4.59. The average Bonchev–Trinajstić information content (AvgIpc) is 3.18. The van der Waals surface area contributed by atoms with E-state index in [1.54, 1.807) is 39.8 Å². The van der Waals surface area contributed by atoms with E-state index in [4.69, 9.17) is 4.74 Å². The Balaban J connectivity index is 1.56. The van der Waals surface area contributed by atoms with Crippen LogP contribution in [0.25, 0.3) is 5.65 Å². The van der Waals surface area contributed by atoms with Crippen LogP contribution < -0.4 is 4.74 Å². The summed E-state index contributed by atoms with van der Waals surface area (Å²) in [6, 6.07) is 6.76. The summed E-state index contributed by atoms with van der Waals surface area (Å²) in [4.78, 5) is 23.6. The highest BCUT2D eigenvalue weighted by Crippen LogP contribution is 2.26. The molecule has 0 aliphatic carbocycles. The first-order valence-corrected chi connectivity index (χ1v) is 12.4. The van der Waals surface area contributed by atoms with Crippen molar-refractivity contribution in [3.8, 4) is 5.88 Å². The van der Waals surface area contributed by atoms with Crippen molar-refractivity contribution in [1.29, 1.82) is 0 Å². The van der Waals surface area contributed by atoms with Crippen LogP contribution in [0.1, 0.15) is 41.4 Å². The second-order valence-electron chi connectivity index (χ2n) is 8.16. The van der Waals surface area contributed by atoms with Crippen LogP contribution in [0.2, 0.25) is 0 Å². The summed E-state index contributed by atoms with van der Waals surface area (Å²) < 4.78 is 44.5. The van der Waals surface area contributed by atoms with Gasteiger partial charge in [-0.15, -0.1) is 0 Å². The highest BCUT2D eigenvalue weighted by molar-refractivity contribution is 7.89. The maximum atomic E-state index is 13.4. The smallest absolute Gasteiger partial charge is 0.258 e. The lowest BCUT2D eigenvalue weighted by atomic mass is 9.99. The van der Waals surface area contributed by atoms with Crippen molar-refractivity contribution < 1.29 is 22.3 Å². The number of fused-ring (bicyclic) bond motifs is 1. The number of carbonyl (C=O) groups is 1. The molecule has 0 N–H and O–H groups in total. The number of ether oxygens (including phenoxy) is 1. The van der Waals surface area contributed by atoms with Gasteiger partial charge in [0.15, 0.2) is 9.84 Å². The van der Waals surface area contributed by atoms with E-state index >= 15 is 0 Å². The lowest BCUT2D eigenvalue weighted by Gasteiger charge is -2.38. The number of amides is 1. The van der Waals surface area contributed by atoms with E-state index in [9.17, 15) is 17.6 Å². The van der Waals surface area contributed by atoms with Gasteiger partial charge in [0.05, 0.1) is 24.2 Å². The Kier molecular flexibility index (Phi) is 6.14. The van der Waals surface area contributed by atoms with Gasteiger partial charge in [0.1, 0.15) is 12.8 Å². The number of nitrogens with zero attached hydrogens (tertiary/aromatic N) is 4. The lowest BCUT2D eigenvalue weighted by Crippen LogP contribution is -2.49. The number of likely N-dealkylation sites (tertiary alicyclic amines) is 1. The third-order valence-corrected chi connectivity index (χ3v) is 6.49. The number of sulfone groups is 1. The zero-order chi connectivity index (χ0) is 22.9. The number of alkyl halides is 1. The van der Waals surface area contributed by atoms with Crippen LogP contribution in [-0.4, -0.2) is 58.5 Å². The standard InChI is InChI=1S/C22H25FN4O4S/c1-15-7-8-18(31-21-20-25-12-17(11-23)26(20)10-9-24-21)13-27(15)22(28)19-6-4-3-5-16(19)14-32(2,29)30/h3-6,9-10,12,15,18H,7-8,11,13-14H2,1-2H3/t15-,18-/m1/s1. The Morgan fingerprint density at radius 3 is 2.78 bits per heavy atom. The molecule has 170 valence electrons. The predicted octanol–water partition coefficient (Wildman–Crippen LogP) is 2.82. The number of carbonyl (C=O) groups excluding carboxylic acids is 1. The third-order valence-electron chi connectivity index (χ3n) is 5.65. The normalized spacial score (nSPS) is 19.3. The van der Waals surface area contributed by atoms with Gasteiger partial charge in [-0.25, -0.2) is 22.8 Å². The molecule has 0 saturated carbocycles. The molecule has 8 nitrogen and oxygen atoms in total. The molecule has 0 spiro atoms. The Morgan fingerprint density at radius 1 is 1.25 bits per heavy atom. The van der Waals surface area contributed by atoms with Gasteiger partial charge in [-0.1, -0.05) is 18.2 Å². The molecule has 2 aromatic heterocycles. The summed E-state index contributed by atoms with van der Waals surface area (Å²) in [6.07, 6.45) is 6.87. The number of hydrogen-bond acceptors (Lipinski definition) is 6. The van der Waals surface area contributed by atoms with E-state index in [2.05, 4.69) is 9.97 Å². The number of piperidine rings is 1. The van der Waals surface area contributed by atoms with Crippen LogP contribution in [0, 0.1) is 0 Å². The van der Waals surface area contributed by atoms with Crippen molar-refractivity contribution in [2.24, 2.45) is 0 Å². The summed E-state index contributed by atoms with van der Waals surface area (Å²) in [5, 5.41) is 0. The van der Waals surface area contributed by atoms with Crippen LogP contribution in [0.3, 0.4) is 0 Å². The number of imidazole rings is 1. The van der Waals surface area contributed by atoms with Crippen LogP contribution in [-0.2, 0) is 22.3 Å². The van der Waals surface area contributed by atoms with Gasteiger partial charge < -0.3 is 9.64 Å². The van der Waals surface area contributed by atoms with Crippen molar-refractivity contribution in [2.75, 3.05) is 12.8 Å². The topological polar surface area (TPSA) is 93.9 Å². The molecule has 3 aromatic rings. The molecular formula is C22H25FN4O4S. The molecular weight excluding hydrogens is 435 g/mol. The molecule has 4 rings (SSSR count). The molecule has 0 unspecified atom stereocenters. The fourth-order valence-electron chi connectivity index (χ4n) is 4.03. The van der Waals surface area contributed by atoms with Gasteiger partial charge in [-0.05, 0) is 31.4 Å². The number of hydrogen-bond donors (Lipinski definition) is 0. The largest absolute Gasteiger partial charge is 0.470 e. The van der Waals surface area contributed by atoms with Gasteiger partial charge in [0.25, 0.3) is 11.8 Å². The molecule has 3 heterocycles. The quantitative estimate of drug-likeness (QED) is 0.562. The van der Waals surface area contributed by atoms with E-state index < -0.39 is 16.5 Å². The molecule has 1 aromatic carbocycles. The van der Waals surface area contributed by atoms with Crippen LogP contribution in [0.5, 0.6) is 5.88 Å². The molecule has 1 saturated heterocycles. The average molecular weight is 461 g/mol. The Bertz CT molecular complexity index is 1240. The molecule has 1 aliphatic rings. The predicted molar refractivity (Wildman–Crippen MR) is 117 cm³/mol. The van der Waals surface area contributed by atoms with Crippen molar-refractivity contribution in [2.45, 2.75) is 44.3 Å². The number of halogens is 1. The lowest BCUT2D eigenvalue weighted by molar-refractivity contribution is 0.0375. The van der Waals surface area contributed by atoms with Crippen molar-refractivity contribution in [3.05, 3.63) is 59.7 Å². The Labute approximate surface area is 186 Å². The molecule has 0 radical (unpaired) electrons. The van der Waals surface area contributed by atoms with Gasteiger partial charge >= 0.3 is 0 Å². The van der Waals surface area contributed by atoms with E-state index in [0.717, 1.165) is 19.1 Å². The van der Waals surface area contributed by atoms with Crippen LogP contribution in [0.15, 0.2) is 42.9 Å². The summed E-state index contributed by atoms with van der Waals surface area (Å²) in [6.45, 7) is 1.64. The zero-order valence-corrected chi connectivity index (χ0v) is 18.8. The van der Waals surface area contributed by atoms with Gasteiger partial charge in [0.2, 0.25) is 5.65 Å². The van der Waals surface area contributed by atoms with E-state index in [1.807, 2.05) is 6.92 Å². The Morgan fingerprint density at radius 2 is 2.03 bits per heavy atom. The number of rotatable bonds is 6. The molecule has 0 bridgehead atoms. The number of aromatic nitrogens is 3. The highest BCUT2D eigenvalue weighted by atomic mass is 32.2. The van der Waals surface area contributed by atoms with Gasteiger partial charge in [-0.3, -0.25) is 9.20 Å². The summed E-state index contributed by atoms with van der Waals surface area (Å²) in [7, 11) is -3.29. The Hall–Kier alpha value is -3.01. The van der Waals surface area contributed by atoms with Crippen molar-refractivity contribution >= 4 is 21.4 Å². The first-order chi connectivity index (χ1) is 15.3. The summed E-state index contributed by atoms with van der Waals surface area (Å²) >= 11 is 0. The minimum atomic E-state index is -3.29. The maximum Gasteiger partial charge on any atom is 0.258 e. The fourth-order valence-corrected chi connectivity index (χ4v) is 4.85. The van der Waals surface area contributed by atoms with Gasteiger partial charge in [0, 0.05) is 30.3 Å². The van der Waals surface area contributed by atoms with E-state index in [-0.39, 0.29) is 29.7 Å². The van der Waals surface area contributed by atoms with E-state index in [0.29, 0.717) is 29.0 Å². The van der Waals surface area contributed by atoms with Crippen molar-refractivity contribution in [1.82, 2.24) is 19.3 Å². The minimum Gasteiger partial charge on any atom is -0.470 e. The highest BCUT2D eigenvalue weighted by Gasteiger charge is 2.32. The first-order valence-electron chi connectivity index (χ1n) is 10.4. The second kappa shape index (κ2) is 8.85. The van der Waals surface area contributed by atoms with Crippen LogP contribution >= 0.6 is 0 Å². The first kappa shape index (κ1) is 22.2. The molecule has 10 heteroatoms. The number of benzene rings is 1. The zero-order valence-electron chi connectivity index (χ0n) is 17.9. The van der Waals surface area contributed by atoms with Crippen LogP contribution in [0.4, 0.5) is 4.39 Å². The SMILES string of the molecule is C[C@@H]1CC[C@@H](Oc2nccn3c(CF)cnc23)CN1C(=O)c1ccccc1CS(C)(=O)=O. The molecule has 1 amide bonds. The summed E-state index contributed by atoms with van der Waals surface area (Å²) in [5.74, 6) is -0.131. The minimum absolute atomic E-state index is 0.0260. The molecule has 32 heavy (non-hydrogen) atoms. The fraction of sp³-hybridized carbons (Fsp3) is 0.409. The van der Waals surface area contributed by atoms with Crippen molar-refractivity contribution in [3.63, 3.8) is 0 Å². The van der Waals surface area contributed by atoms with Gasteiger partial charge in [-0.2, -0.15) is 0 Å².